The summed E-state index contributed by atoms with van der Waals surface area (Å²) >= 11 is 0. The van der Waals surface area contributed by atoms with Crippen molar-refractivity contribution in [2.24, 2.45) is 34.8 Å². The number of nitrogens with two attached hydrogens (primary N) is 4. The summed E-state index contributed by atoms with van der Waals surface area (Å²) in [6, 6.07) is -16.0. The van der Waals surface area contributed by atoms with Crippen LogP contribution in [0.25, 0.3) is 0 Å². The van der Waals surface area contributed by atoms with E-state index < -0.39 is 163 Å². The second-order valence-corrected chi connectivity index (χ2v) is 20.6. The summed E-state index contributed by atoms with van der Waals surface area (Å²) in [6.45, 7) is 8.81. The highest BCUT2D eigenvalue weighted by Crippen LogP contribution is 2.13. The molecule has 0 aliphatic carbocycles. The maximum absolute atomic E-state index is 14.3. The van der Waals surface area contributed by atoms with E-state index >= 15 is 0 Å². The van der Waals surface area contributed by atoms with E-state index in [-0.39, 0.29) is 70.6 Å². The highest BCUT2D eigenvalue weighted by Gasteiger charge is 2.38. The zero-order valence-electron chi connectivity index (χ0n) is 47.3. The Labute approximate surface area is 467 Å². The van der Waals surface area contributed by atoms with Gasteiger partial charge in [-0.25, -0.2) is 0 Å². The van der Waals surface area contributed by atoms with E-state index in [4.69, 9.17) is 22.9 Å². The van der Waals surface area contributed by atoms with E-state index in [1.807, 2.05) is 0 Å². The lowest BCUT2D eigenvalue weighted by Gasteiger charge is -2.29. The molecule has 1 aliphatic heterocycles. The van der Waals surface area contributed by atoms with Crippen LogP contribution in [0.15, 0.2) is 0 Å². The highest BCUT2D eigenvalue weighted by atomic mass is 16.3. The molecule has 0 aromatic rings. The van der Waals surface area contributed by atoms with Gasteiger partial charge in [0, 0.05) is 13.0 Å². The Balaban J connectivity index is 3.75. The largest absolute Gasteiger partial charge is 0.394 e. The number of hydrogen-bond donors (Lipinski definition) is 19. The monoisotopic (exact) mass is 1140 g/mol. The molecule has 14 atom stereocenters. The van der Waals surface area contributed by atoms with Gasteiger partial charge in [-0.1, -0.05) is 47.0 Å². The number of aliphatic hydroxyl groups excluding tert-OH is 4. The lowest BCUT2D eigenvalue weighted by molar-refractivity contribution is -0.137. The van der Waals surface area contributed by atoms with Gasteiger partial charge in [-0.15, -0.1) is 0 Å². The summed E-state index contributed by atoms with van der Waals surface area (Å²) in [7, 11) is 0. The number of nitrogens with one attached hydrogen (secondary N) is 11. The van der Waals surface area contributed by atoms with Gasteiger partial charge in [0.15, 0.2) is 0 Å². The molecular weight excluding hydrogens is 1050 g/mol. The van der Waals surface area contributed by atoms with Crippen molar-refractivity contribution in [3.8, 4) is 0 Å². The third-order valence-corrected chi connectivity index (χ3v) is 13.1. The summed E-state index contributed by atoms with van der Waals surface area (Å²) in [6.07, 6.45) is -2.77. The van der Waals surface area contributed by atoms with Gasteiger partial charge in [-0.05, 0) is 104 Å². The predicted octanol–water partition coefficient (Wildman–Crippen LogP) is -7.46. The first kappa shape index (κ1) is 71.9. The van der Waals surface area contributed by atoms with E-state index in [1.54, 1.807) is 13.8 Å². The second kappa shape index (κ2) is 37.7. The molecule has 0 bridgehead atoms. The van der Waals surface area contributed by atoms with Gasteiger partial charge in [0.2, 0.25) is 65.0 Å². The van der Waals surface area contributed by atoms with E-state index in [0.29, 0.717) is 12.3 Å². The lowest BCUT2D eigenvalue weighted by Crippen LogP contribution is -2.62. The van der Waals surface area contributed by atoms with E-state index in [1.165, 1.54) is 6.92 Å². The van der Waals surface area contributed by atoms with Crippen LogP contribution in [0.5, 0.6) is 0 Å². The average molecular weight is 1140 g/mol. The molecule has 23 N–H and O–H groups in total. The Morgan fingerprint density at radius 3 is 1.52 bits per heavy atom. The normalized spacial score (nSPS) is 24.1. The smallest absolute Gasteiger partial charge is 0.245 e. The number of rotatable bonds is 27. The van der Waals surface area contributed by atoms with Crippen LogP contribution in [0.3, 0.4) is 0 Å². The molecule has 0 aromatic heterocycles. The summed E-state index contributed by atoms with van der Waals surface area (Å²) in [5.74, 6) is -10.7. The Hall–Kier alpha value is -6.15. The van der Waals surface area contributed by atoms with E-state index in [0.717, 1.165) is 33.1 Å². The molecule has 30 nitrogen and oxygen atoms in total. The van der Waals surface area contributed by atoms with Crippen LogP contribution in [0.1, 0.15) is 119 Å². The average Bonchev–Trinajstić information content (AvgIpc) is 3.38. The fraction of sp³-hybridized carbons (Fsp3) is 0.780. The molecule has 0 saturated carbocycles. The minimum atomic E-state index is -1.90. The van der Waals surface area contributed by atoms with Crippen molar-refractivity contribution in [3.63, 3.8) is 0 Å². The molecule has 1 fully saturated rings. The van der Waals surface area contributed by atoms with Gasteiger partial charge in [0.1, 0.15) is 60.4 Å². The number of unbranched alkanes of at least 4 members (excludes halogenated alkanes) is 1. The quantitative estimate of drug-likeness (QED) is 0.0340. The molecule has 1 saturated heterocycles. The first-order valence-electron chi connectivity index (χ1n) is 27.5. The fourth-order valence-electron chi connectivity index (χ4n) is 8.20. The lowest BCUT2D eigenvalue weighted by atomic mass is 10.0. The molecule has 0 spiro atoms. The van der Waals surface area contributed by atoms with Gasteiger partial charge in [-0.3, -0.25) is 52.7 Å². The van der Waals surface area contributed by atoms with Crippen molar-refractivity contribution in [1.82, 2.24) is 58.5 Å². The minimum Gasteiger partial charge on any atom is -0.394 e. The molecule has 30 heteroatoms. The Morgan fingerprint density at radius 2 is 1.05 bits per heavy atom. The van der Waals surface area contributed by atoms with Gasteiger partial charge in [0.05, 0.1) is 24.9 Å². The molecule has 458 valence electrons. The zero-order chi connectivity index (χ0) is 60.8. The van der Waals surface area contributed by atoms with Crippen molar-refractivity contribution in [2.75, 3.05) is 39.3 Å². The van der Waals surface area contributed by atoms with Crippen molar-refractivity contribution < 1.29 is 73.2 Å². The van der Waals surface area contributed by atoms with Crippen LogP contribution in [-0.2, 0) is 52.7 Å². The van der Waals surface area contributed by atoms with E-state index in [2.05, 4.69) is 72.3 Å². The van der Waals surface area contributed by atoms with E-state index in [9.17, 15) is 73.2 Å². The van der Waals surface area contributed by atoms with Crippen LogP contribution < -0.4 is 81.4 Å². The first-order chi connectivity index (χ1) is 37.7. The summed E-state index contributed by atoms with van der Waals surface area (Å²) < 4.78 is 0. The van der Waals surface area contributed by atoms with Crippen LogP contribution >= 0.6 is 0 Å². The summed E-state index contributed by atoms with van der Waals surface area (Å²) in [5.41, 5.74) is 23.1. The Morgan fingerprint density at radius 1 is 0.562 bits per heavy atom. The van der Waals surface area contributed by atoms with Crippen LogP contribution in [0, 0.1) is 11.8 Å². The molecular formula is C50H93N15O15. The molecule has 0 radical (unpaired) electrons. The van der Waals surface area contributed by atoms with Gasteiger partial charge in [-0.2, -0.15) is 0 Å². The zero-order valence-corrected chi connectivity index (χ0v) is 47.3. The topological polar surface area (TPSA) is 505 Å². The van der Waals surface area contributed by atoms with Crippen LogP contribution in [0.2, 0.25) is 0 Å². The van der Waals surface area contributed by atoms with Crippen LogP contribution in [-0.4, -0.2) is 203 Å². The SMILES string of the molecule is CCC(C)CCCCC(=O)N[C@@H](CCN)C(=O)N[C@H](C(=O)N[C@H](CO)C(=O)N[C@H]1CCNC(=O)[C@H]([C@@H](C)O)NC(=O)[C@H](CCN)NC(=O)[C@H](CCN)NC(=O)[C@H]([C@@H](C)O)NC(=O)[C@@H](CC(C)C)NC(=O)[C@H](CCN)NC1=O)[C@@H](C)O. The van der Waals surface area contributed by atoms with Crippen molar-refractivity contribution in [2.45, 2.75) is 198 Å². The minimum absolute atomic E-state index is 0.0458. The standard InChI is InChI=1S/C50H93N15O15/c1-8-26(4)11-9-10-12-37(70)56-30(13-18-51)44(74)64-40(29(7)69)50(80)62-36(24-66)47(77)59-34-17-22-55-48(78)38(27(5)67)63-45(75)33(16-21-54)58-41(71)32(15-20-53)60-49(79)39(28(6)68)65-46(76)35(23-25(2)3)61-42(72)31(14-19-52)57-43(34)73/h25-36,38-40,66-69H,8-24,51-54H2,1-7H3,(H,55,78)(H,56,70)(H,57,73)(H,58,71)(H,59,77)(H,60,79)(H,61,72)(H,62,80)(H,63,75)(H,64,74)(H,65,76)/t26?,27-,28-,29-,30+,31+,32+,33+,34+,35-,36-,38+,39+,40+/m1/s1. The third-order valence-electron chi connectivity index (χ3n) is 13.1. The molecule has 1 aliphatic rings. The fourth-order valence-corrected chi connectivity index (χ4v) is 8.20. The number of aliphatic hydroxyl groups is 4. The van der Waals surface area contributed by atoms with Crippen molar-refractivity contribution >= 4 is 65.0 Å². The Kier molecular flexibility index (Phi) is 33.9. The number of amides is 11. The molecule has 80 heavy (non-hydrogen) atoms. The number of carbonyl (C=O) groups excluding carboxylic acids is 11. The maximum atomic E-state index is 14.3. The number of carbonyl (C=O) groups is 11. The molecule has 1 rings (SSSR count). The van der Waals surface area contributed by atoms with Crippen molar-refractivity contribution in [3.05, 3.63) is 0 Å². The third kappa shape index (κ3) is 25.5. The van der Waals surface area contributed by atoms with Gasteiger partial charge < -0.3 is 102 Å². The summed E-state index contributed by atoms with van der Waals surface area (Å²) in [5, 5.41) is 69.0. The predicted molar refractivity (Wildman–Crippen MR) is 291 cm³/mol. The molecule has 1 heterocycles. The van der Waals surface area contributed by atoms with Crippen molar-refractivity contribution in [1.29, 1.82) is 0 Å². The first-order valence-corrected chi connectivity index (χ1v) is 27.5. The second-order valence-electron chi connectivity index (χ2n) is 20.6. The van der Waals surface area contributed by atoms with Gasteiger partial charge >= 0.3 is 0 Å². The summed E-state index contributed by atoms with van der Waals surface area (Å²) in [4.78, 5) is 151. The number of hydrogen-bond acceptors (Lipinski definition) is 19. The molecule has 1 unspecified atom stereocenters. The van der Waals surface area contributed by atoms with Gasteiger partial charge in [0.25, 0.3) is 0 Å². The van der Waals surface area contributed by atoms with Crippen LogP contribution in [0.4, 0.5) is 0 Å². The molecule has 0 aromatic carbocycles. The highest BCUT2D eigenvalue weighted by molar-refractivity contribution is 5.99. The molecule has 11 amide bonds. The maximum Gasteiger partial charge on any atom is 0.245 e. The Bertz CT molecular complexity index is 2030.